The van der Waals surface area contributed by atoms with Crippen molar-refractivity contribution in [2.24, 2.45) is 11.7 Å². The van der Waals surface area contributed by atoms with Crippen molar-refractivity contribution in [3.63, 3.8) is 0 Å². The molecule has 0 saturated carbocycles. The molecule has 4 atom stereocenters. The predicted molar refractivity (Wildman–Crippen MR) is 106 cm³/mol. The normalized spacial score (nSPS) is 32.3. The Kier molecular flexibility index (Phi) is 6.69. The van der Waals surface area contributed by atoms with Gasteiger partial charge in [0.05, 0.1) is 6.61 Å². The first-order valence-corrected chi connectivity index (χ1v) is 9.80. The maximum atomic E-state index is 11.5. The number of urea groups is 1. The highest BCUT2D eigenvalue weighted by molar-refractivity contribution is 5.72. The van der Waals surface area contributed by atoms with Crippen molar-refractivity contribution < 1.29 is 9.63 Å². The fraction of sp³-hybridized carbons (Fsp3) is 0.667. The molecule has 1 aliphatic rings. The highest BCUT2D eigenvalue weighted by atomic mass is 16.7. The largest absolute Gasteiger partial charge is 0.352 e. The van der Waals surface area contributed by atoms with E-state index in [1.54, 1.807) is 0 Å². The third-order valence-corrected chi connectivity index (χ3v) is 6.46. The fourth-order valence-corrected chi connectivity index (χ4v) is 4.28. The van der Waals surface area contributed by atoms with Gasteiger partial charge in [0.15, 0.2) is 0 Å². The minimum absolute atomic E-state index is 0.0522. The van der Waals surface area contributed by atoms with Crippen LogP contribution in [0.15, 0.2) is 30.3 Å². The number of carbonyl (C=O) groups is 1. The molecule has 0 aromatic heterocycles. The lowest BCUT2D eigenvalue weighted by Gasteiger charge is -2.59. The summed E-state index contributed by atoms with van der Waals surface area (Å²) in [5.41, 5.74) is 6.38. The van der Waals surface area contributed by atoms with Crippen LogP contribution in [0.2, 0.25) is 0 Å². The first kappa shape index (κ1) is 20.7. The molecule has 26 heavy (non-hydrogen) atoms. The van der Waals surface area contributed by atoms with E-state index >= 15 is 0 Å². The van der Waals surface area contributed by atoms with E-state index < -0.39 is 6.03 Å². The average Bonchev–Trinajstić information content (AvgIpc) is 2.63. The number of rotatable bonds is 7. The number of carbonyl (C=O) groups excluding carboxylic acids is 1. The maximum absolute atomic E-state index is 11.5. The molecular formula is C21H35N3O2. The second-order valence-electron chi connectivity index (χ2n) is 8.03. The van der Waals surface area contributed by atoms with E-state index in [1.807, 2.05) is 6.07 Å². The molecule has 3 N–H and O–H groups in total. The molecule has 0 aliphatic carbocycles. The van der Waals surface area contributed by atoms with Crippen LogP contribution in [0.25, 0.3) is 0 Å². The first-order valence-electron chi connectivity index (χ1n) is 9.80. The summed E-state index contributed by atoms with van der Waals surface area (Å²) < 4.78 is 0. The number of nitrogens with zero attached hydrogens (tertiary/aromatic N) is 1. The van der Waals surface area contributed by atoms with Gasteiger partial charge in [0.2, 0.25) is 0 Å². The minimum atomic E-state index is -0.447. The van der Waals surface area contributed by atoms with E-state index in [0.717, 1.165) is 25.7 Å². The molecule has 1 aromatic carbocycles. The Morgan fingerprint density at radius 3 is 2.46 bits per heavy atom. The van der Waals surface area contributed by atoms with E-state index in [4.69, 9.17) is 10.6 Å². The van der Waals surface area contributed by atoms with Gasteiger partial charge < -0.3 is 11.1 Å². The van der Waals surface area contributed by atoms with Gasteiger partial charge in [-0.1, -0.05) is 51.1 Å². The van der Waals surface area contributed by atoms with Gasteiger partial charge in [-0.15, -0.1) is 0 Å². The summed E-state index contributed by atoms with van der Waals surface area (Å²) in [5.74, 6) is 0.233. The Hall–Kier alpha value is -1.59. The number of benzene rings is 1. The van der Waals surface area contributed by atoms with Crippen LogP contribution in [0, 0.1) is 5.92 Å². The van der Waals surface area contributed by atoms with Crippen LogP contribution in [0.5, 0.6) is 0 Å². The Morgan fingerprint density at radius 1 is 1.27 bits per heavy atom. The SMILES string of the molecule is CCC1(C)CC(NC(N)=O)C(C)C(C)(CC)N1OCCc1ccccc1. The monoisotopic (exact) mass is 361 g/mol. The fourth-order valence-electron chi connectivity index (χ4n) is 4.28. The zero-order valence-corrected chi connectivity index (χ0v) is 16.9. The number of piperidine rings is 1. The van der Waals surface area contributed by atoms with Gasteiger partial charge in [-0.05, 0) is 51.0 Å². The van der Waals surface area contributed by atoms with E-state index in [-0.39, 0.29) is 23.0 Å². The molecule has 2 rings (SSSR count). The van der Waals surface area contributed by atoms with Gasteiger partial charge in [-0.2, -0.15) is 5.06 Å². The summed E-state index contributed by atoms with van der Waals surface area (Å²) in [4.78, 5) is 17.9. The molecule has 1 heterocycles. The van der Waals surface area contributed by atoms with E-state index in [1.165, 1.54) is 5.56 Å². The molecule has 2 amide bonds. The number of hydrogen-bond acceptors (Lipinski definition) is 3. The zero-order valence-electron chi connectivity index (χ0n) is 16.9. The molecule has 4 unspecified atom stereocenters. The molecule has 5 nitrogen and oxygen atoms in total. The first-order chi connectivity index (χ1) is 12.3. The van der Waals surface area contributed by atoms with Gasteiger partial charge in [0.25, 0.3) is 0 Å². The van der Waals surface area contributed by atoms with Crippen LogP contribution >= 0.6 is 0 Å². The lowest BCUT2D eigenvalue weighted by molar-refractivity contribution is -0.306. The molecule has 0 spiro atoms. The molecule has 0 radical (unpaired) electrons. The summed E-state index contributed by atoms with van der Waals surface area (Å²) in [7, 11) is 0. The van der Waals surface area contributed by atoms with Crippen molar-refractivity contribution in [1.82, 2.24) is 10.4 Å². The highest BCUT2D eigenvalue weighted by Gasteiger charge is 2.54. The number of nitrogens with one attached hydrogen (secondary N) is 1. The Balaban J connectivity index is 2.19. The van der Waals surface area contributed by atoms with Crippen molar-refractivity contribution in [1.29, 1.82) is 0 Å². The van der Waals surface area contributed by atoms with Gasteiger partial charge in [0.1, 0.15) is 0 Å². The Bertz CT molecular complexity index is 594. The standard InChI is InChI=1S/C21H35N3O2/c1-6-20(4)15-18(23-19(22)25)16(3)21(5,7-2)24(20)26-14-13-17-11-9-8-10-12-17/h8-12,16,18H,6-7,13-15H2,1-5H3,(H3,22,23,25). The second kappa shape index (κ2) is 8.40. The molecule has 5 heteroatoms. The molecule has 1 aliphatic heterocycles. The minimum Gasteiger partial charge on any atom is -0.352 e. The molecule has 1 fully saturated rings. The predicted octanol–water partition coefficient (Wildman–Crippen LogP) is 3.88. The van der Waals surface area contributed by atoms with Crippen LogP contribution in [-0.2, 0) is 11.3 Å². The van der Waals surface area contributed by atoms with Crippen molar-refractivity contribution in [3.8, 4) is 0 Å². The highest BCUT2D eigenvalue weighted by Crippen LogP contribution is 2.45. The summed E-state index contributed by atoms with van der Waals surface area (Å²) in [6.45, 7) is 11.7. The summed E-state index contributed by atoms with van der Waals surface area (Å²) in [5, 5.41) is 5.20. The number of primary amides is 1. The van der Waals surface area contributed by atoms with Crippen molar-refractivity contribution >= 4 is 6.03 Å². The third kappa shape index (κ3) is 4.21. The van der Waals surface area contributed by atoms with Crippen LogP contribution in [0.4, 0.5) is 4.79 Å². The number of amides is 2. The van der Waals surface area contributed by atoms with Gasteiger partial charge in [-0.25, -0.2) is 4.79 Å². The number of nitrogens with two attached hydrogens (primary N) is 1. The molecule has 1 aromatic rings. The Morgan fingerprint density at radius 2 is 1.92 bits per heavy atom. The molecule has 0 bridgehead atoms. The number of hydroxylamine groups is 2. The van der Waals surface area contributed by atoms with Crippen LogP contribution in [0.3, 0.4) is 0 Å². The summed E-state index contributed by atoms with van der Waals surface area (Å²) in [6, 6.07) is 10.0. The quantitative estimate of drug-likeness (QED) is 0.774. The van der Waals surface area contributed by atoms with E-state index in [0.29, 0.717) is 6.61 Å². The summed E-state index contributed by atoms with van der Waals surface area (Å²) in [6.07, 6.45) is 3.59. The third-order valence-electron chi connectivity index (χ3n) is 6.46. The van der Waals surface area contributed by atoms with Crippen LogP contribution in [0.1, 0.15) is 59.4 Å². The topological polar surface area (TPSA) is 67.6 Å². The van der Waals surface area contributed by atoms with Crippen LogP contribution < -0.4 is 11.1 Å². The molecule has 146 valence electrons. The Labute approximate surface area is 158 Å². The van der Waals surface area contributed by atoms with Gasteiger partial charge >= 0.3 is 6.03 Å². The lowest BCUT2D eigenvalue weighted by atomic mass is 9.68. The van der Waals surface area contributed by atoms with Crippen molar-refractivity contribution in [2.75, 3.05) is 6.61 Å². The van der Waals surface area contributed by atoms with E-state index in [9.17, 15) is 4.79 Å². The maximum Gasteiger partial charge on any atom is 0.312 e. The summed E-state index contributed by atoms with van der Waals surface area (Å²) >= 11 is 0. The lowest BCUT2D eigenvalue weighted by Crippen LogP contribution is -2.70. The van der Waals surface area contributed by atoms with Gasteiger partial charge in [-0.3, -0.25) is 4.84 Å². The zero-order chi connectivity index (χ0) is 19.4. The van der Waals surface area contributed by atoms with Crippen molar-refractivity contribution in [2.45, 2.75) is 77.4 Å². The number of hydrogen-bond donors (Lipinski definition) is 2. The average molecular weight is 362 g/mol. The molecular weight excluding hydrogens is 326 g/mol. The van der Waals surface area contributed by atoms with E-state index in [2.05, 4.69) is 69.3 Å². The van der Waals surface area contributed by atoms with Crippen molar-refractivity contribution in [3.05, 3.63) is 35.9 Å². The second-order valence-corrected chi connectivity index (χ2v) is 8.03. The molecule has 1 saturated heterocycles. The smallest absolute Gasteiger partial charge is 0.312 e. The van der Waals surface area contributed by atoms with Gasteiger partial charge in [0, 0.05) is 17.1 Å². The van der Waals surface area contributed by atoms with Crippen LogP contribution in [-0.4, -0.2) is 34.8 Å².